The summed E-state index contributed by atoms with van der Waals surface area (Å²) in [5.74, 6) is -1.28. The number of nitro groups is 1. The molecule has 0 aliphatic carbocycles. The van der Waals surface area contributed by atoms with Crippen molar-refractivity contribution in [2.24, 2.45) is 0 Å². The van der Waals surface area contributed by atoms with Crippen LogP contribution in [0.3, 0.4) is 0 Å². The van der Waals surface area contributed by atoms with Gasteiger partial charge in [-0.25, -0.2) is 4.79 Å². The summed E-state index contributed by atoms with van der Waals surface area (Å²) in [6.45, 7) is 3.35. The lowest BCUT2D eigenvalue weighted by Crippen LogP contribution is -2.28. The van der Waals surface area contributed by atoms with E-state index in [2.05, 4.69) is 11.9 Å². The molecule has 0 radical (unpaired) electrons. The number of rotatable bonds is 6. The highest BCUT2D eigenvalue weighted by atomic mass is 19.4. The fraction of sp³-hybridized carbons (Fsp3) is 0.250. The largest absolute Gasteiger partial charge is 0.480 e. The number of nitro benzene ring substituents is 1. The van der Waals surface area contributed by atoms with Crippen molar-refractivity contribution >= 4 is 17.3 Å². The minimum atomic E-state index is -4.92. The second-order valence-electron chi connectivity index (χ2n) is 4.05. The first-order valence-electron chi connectivity index (χ1n) is 5.62. The molecule has 0 bridgehead atoms. The summed E-state index contributed by atoms with van der Waals surface area (Å²) in [4.78, 5) is 20.4. The summed E-state index contributed by atoms with van der Waals surface area (Å²) >= 11 is 0. The number of hydrogen-bond donors (Lipinski definition) is 2. The van der Waals surface area contributed by atoms with Crippen molar-refractivity contribution in [1.82, 2.24) is 0 Å². The van der Waals surface area contributed by atoms with Gasteiger partial charge in [-0.15, -0.1) is 6.58 Å². The van der Waals surface area contributed by atoms with Crippen LogP contribution in [0.25, 0.3) is 0 Å². The number of alkyl halides is 3. The number of carbonyl (C=O) groups is 1. The third-order valence-electron chi connectivity index (χ3n) is 2.54. The SMILES string of the molecule is C=CCC(Nc1ccc([N+](=O)[O-])c(C(F)(F)F)c1)C(=O)O. The van der Waals surface area contributed by atoms with Gasteiger partial charge in [0.1, 0.15) is 11.6 Å². The third-order valence-corrected chi connectivity index (χ3v) is 2.54. The molecule has 0 saturated heterocycles. The summed E-state index contributed by atoms with van der Waals surface area (Å²) in [7, 11) is 0. The highest BCUT2D eigenvalue weighted by Gasteiger charge is 2.38. The second-order valence-corrected chi connectivity index (χ2v) is 4.05. The van der Waals surface area contributed by atoms with E-state index in [0.717, 1.165) is 6.07 Å². The molecule has 21 heavy (non-hydrogen) atoms. The first kappa shape index (κ1) is 16.5. The highest BCUT2D eigenvalue weighted by molar-refractivity contribution is 5.77. The standard InChI is InChI=1S/C12H11F3N2O4/c1-2-3-9(11(18)19)16-7-4-5-10(17(20)21)8(6-7)12(13,14)15/h2,4-6,9,16H,1,3H2,(H,18,19). The Morgan fingerprint density at radius 3 is 2.57 bits per heavy atom. The molecule has 2 N–H and O–H groups in total. The predicted molar refractivity (Wildman–Crippen MR) is 68.0 cm³/mol. The molecular formula is C12H11F3N2O4. The Labute approximate surface area is 117 Å². The van der Waals surface area contributed by atoms with Gasteiger partial charge in [0.15, 0.2) is 0 Å². The normalized spacial score (nSPS) is 12.5. The maximum atomic E-state index is 12.8. The van der Waals surface area contributed by atoms with Crippen LogP contribution in [-0.4, -0.2) is 22.0 Å². The van der Waals surface area contributed by atoms with Crippen molar-refractivity contribution in [3.63, 3.8) is 0 Å². The van der Waals surface area contributed by atoms with Crippen LogP contribution in [0.5, 0.6) is 0 Å². The van der Waals surface area contributed by atoms with Gasteiger partial charge < -0.3 is 10.4 Å². The van der Waals surface area contributed by atoms with Gasteiger partial charge in [0.25, 0.3) is 5.69 Å². The number of halogens is 3. The molecule has 0 aromatic heterocycles. The minimum Gasteiger partial charge on any atom is -0.480 e. The van der Waals surface area contributed by atoms with E-state index >= 15 is 0 Å². The first-order chi connectivity index (χ1) is 9.66. The number of anilines is 1. The molecule has 0 heterocycles. The molecule has 0 fully saturated rings. The van der Waals surface area contributed by atoms with Crippen LogP contribution in [0.1, 0.15) is 12.0 Å². The zero-order valence-electron chi connectivity index (χ0n) is 10.6. The Bertz CT molecular complexity index is 572. The van der Waals surface area contributed by atoms with Crippen LogP contribution in [0, 0.1) is 10.1 Å². The van der Waals surface area contributed by atoms with Gasteiger partial charge in [-0.05, 0) is 18.6 Å². The molecule has 114 valence electrons. The van der Waals surface area contributed by atoms with E-state index in [1.165, 1.54) is 6.08 Å². The van der Waals surface area contributed by atoms with E-state index in [1.54, 1.807) is 0 Å². The third kappa shape index (κ3) is 4.20. The summed E-state index contributed by atoms with van der Waals surface area (Å²) in [6, 6.07) is 1.03. The summed E-state index contributed by atoms with van der Waals surface area (Å²) in [5, 5.41) is 21.9. The van der Waals surface area contributed by atoms with Crippen LogP contribution >= 0.6 is 0 Å². The van der Waals surface area contributed by atoms with Gasteiger partial charge >= 0.3 is 12.1 Å². The molecule has 1 rings (SSSR count). The predicted octanol–water partition coefficient (Wildman–Crippen LogP) is 3.05. The molecule has 0 saturated carbocycles. The van der Waals surface area contributed by atoms with Gasteiger partial charge in [-0.2, -0.15) is 13.2 Å². The number of carboxylic acids is 1. The van der Waals surface area contributed by atoms with E-state index in [0.29, 0.717) is 12.1 Å². The monoisotopic (exact) mass is 304 g/mol. The zero-order valence-corrected chi connectivity index (χ0v) is 10.6. The van der Waals surface area contributed by atoms with Gasteiger partial charge in [0.05, 0.1) is 4.92 Å². The Balaban J connectivity index is 3.19. The average Bonchev–Trinajstić information content (AvgIpc) is 2.36. The quantitative estimate of drug-likeness (QED) is 0.478. The molecule has 1 atom stereocenters. The molecule has 9 heteroatoms. The van der Waals surface area contributed by atoms with E-state index in [4.69, 9.17) is 5.11 Å². The van der Waals surface area contributed by atoms with Crippen molar-refractivity contribution in [2.75, 3.05) is 5.32 Å². The van der Waals surface area contributed by atoms with E-state index in [-0.39, 0.29) is 12.1 Å². The molecule has 0 aliphatic rings. The summed E-state index contributed by atoms with van der Waals surface area (Å²) in [5.41, 5.74) is -2.72. The fourth-order valence-corrected chi connectivity index (χ4v) is 1.60. The van der Waals surface area contributed by atoms with E-state index in [9.17, 15) is 28.1 Å². The Hall–Kier alpha value is -2.58. The maximum Gasteiger partial charge on any atom is 0.423 e. The fourth-order valence-electron chi connectivity index (χ4n) is 1.60. The molecule has 1 unspecified atom stereocenters. The summed E-state index contributed by atoms with van der Waals surface area (Å²) in [6.07, 6.45) is -3.65. The second kappa shape index (κ2) is 6.25. The van der Waals surface area contributed by atoms with Crippen LogP contribution in [0.4, 0.5) is 24.5 Å². The molecule has 6 nitrogen and oxygen atoms in total. The van der Waals surface area contributed by atoms with Crippen molar-refractivity contribution in [2.45, 2.75) is 18.6 Å². The lowest BCUT2D eigenvalue weighted by Gasteiger charge is -2.15. The Morgan fingerprint density at radius 2 is 2.14 bits per heavy atom. The number of nitrogens with zero attached hydrogens (tertiary/aromatic N) is 1. The lowest BCUT2D eigenvalue weighted by molar-refractivity contribution is -0.388. The maximum absolute atomic E-state index is 12.8. The summed E-state index contributed by atoms with van der Waals surface area (Å²) < 4.78 is 38.3. The number of carboxylic acid groups (broad SMARTS) is 1. The number of benzene rings is 1. The van der Waals surface area contributed by atoms with Crippen LogP contribution in [-0.2, 0) is 11.0 Å². The minimum absolute atomic E-state index is 0.0202. The number of aliphatic carboxylic acids is 1. The zero-order chi connectivity index (χ0) is 16.2. The Kier molecular flexibility index (Phi) is 4.90. The van der Waals surface area contributed by atoms with Crippen LogP contribution in [0.15, 0.2) is 30.9 Å². The van der Waals surface area contributed by atoms with Gasteiger partial charge in [0.2, 0.25) is 0 Å². The van der Waals surface area contributed by atoms with Crippen molar-refractivity contribution in [1.29, 1.82) is 0 Å². The molecule has 1 aromatic rings. The Morgan fingerprint density at radius 1 is 1.52 bits per heavy atom. The average molecular weight is 304 g/mol. The van der Waals surface area contributed by atoms with Gasteiger partial charge in [0, 0.05) is 11.8 Å². The number of nitrogens with one attached hydrogen (secondary N) is 1. The molecule has 0 aliphatic heterocycles. The number of hydrogen-bond acceptors (Lipinski definition) is 4. The molecular weight excluding hydrogens is 293 g/mol. The van der Waals surface area contributed by atoms with Gasteiger partial charge in [-0.1, -0.05) is 6.08 Å². The van der Waals surface area contributed by atoms with Crippen molar-refractivity contribution < 1.29 is 28.0 Å². The van der Waals surface area contributed by atoms with E-state index in [1.807, 2.05) is 0 Å². The van der Waals surface area contributed by atoms with Crippen molar-refractivity contribution in [3.05, 3.63) is 46.5 Å². The smallest absolute Gasteiger partial charge is 0.423 e. The van der Waals surface area contributed by atoms with E-state index < -0.39 is 34.4 Å². The molecule has 0 amide bonds. The van der Waals surface area contributed by atoms with Crippen LogP contribution in [0.2, 0.25) is 0 Å². The lowest BCUT2D eigenvalue weighted by atomic mass is 10.1. The topological polar surface area (TPSA) is 92.5 Å². The van der Waals surface area contributed by atoms with Crippen molar-refractivity contribution in [3.8, 4) is 0 Å². The molecule has 1 aromatic carbocycles. The van der Waals surface area contributed by atoms with Gasteiger partial charge in [-0.3, -0.25) is 10.1 Å². The first-order valence-corrected chi connectivity index (χ1v) is 5.62. The molecule has 0 spiro atoms. The highest BCUT2D eigenvalue weighted by Crippen LogP contribution is 2.37. The van der Waals surface area contributed by atoms with Crippen LogP contribution < -0.4 is 5.32 Å².